The average molecular weight is 679 g/mol. The van der Waals surface area contributed by atoms with Gasteiger partial charge in [0.05, 0.1) is 18.3 Å². The minimum atomic E-state index is -0.346. The second-order valence-corrected chi connectivity index (χ2v) is 14.5. The summed E-state index contributed by atoms with van der Waals surface area (Å²) in [5.74, 6) is 1.68. The van der Waals surface area contributed by atoms with Crippen LogP contribution in [0.2, 0.25) is 0 Å². The zero-order valence-electron chi connectivity index (χ0n) is 31.8. The minimum Gasteiger partial charge on any atom is -0.400 e. The first-order valence-electron chi connectivity index (χ1n) is 18.8. The quantitative estimate of drug-likeness (QED) is 0.282. The van der Waals surface area contributed by atoms with Gasteiger partial charge in [-0.3, -0.25) is 0 Å². The van der Waals surface area contributed by atoms with Crippen molar-refractivity contribution in [3.8, 4) is 0 Å². The molecule has 4 aliphatic carbocycles. The monoisotopic (exact) mass is 678 g/mol. The third-order valence-corrected chi connectivity index (χ3v) is 10.6. The third-order valence-electron chi connectivity index (χ3n) is 10.6. The van der Waals surface area contributed by atoms with E-state index in [4.69, 9.17) is 14.6 Å². The van der Waals surface area contributed by atoms with Gasteiger partial charge < -0.3 is 19.7 Å². The fraction of sp³-hybridized carbons (Fsp3) is 0.478. The van der Waals surface area contributed by atoms with Gasteiger partial charge in [0.1, 0.15) is 0 Å². The summed E-state index contributed by atoms with van der Waals surface area (Å²) >= 11 is 0. The van der Waals surface area contributed by atoms with Crippen LogP contribution in [0.5, 0.6) is 0 Å². The number of allylic oxidation sites excluding steroid dienone is 13. The zero-order valence-corrected chi connectivity index (χ0v) is 31.8. The highest BCUT2D eigenvalue weighted by molar-refractivity contribution is 5.59. The van der Waals surface area contributed by atoms with Crippen LogP contribution in [0.1, 0.15) is 109 Å². The highest BCUT2D eigenvalue weighted by atomic mass is 16.5. The molecule has 0 aromatic heterocycles. The molecular weight excluding hydrogens is 617 g/mol. The van der Waals surface area contributed by atoms with E-state index in [0.717, 1.165) is 33.2 Å². The molecule has 4 heteroatoms. The summed E-state index contributed by atoms with van der Waals surface area (Å²) in [7, 11) is 1.00. The number of benzene rings is 1. The number of aliphatic hydroxyl groups is 2. The number of aryl methyl sites for hydroxylation is 1. The van der Waals surface area contributed by atoms with Crippen molar-refractivity contribution >= 4 is 0 Å². The molecule has 2 heterocycles. The zero-order chi connectivity index (χ0) is 36.1. The molecule has 0 saturated carbocycles. The van der Waals surface area contributed by atoms with E-state index in [-0.39, 0.29) is 11.5 Å². The van der Waals surface area contributed by atoms with Gasteiger partial charge in [0, 0.05) is 44.0 Å². The maximum atomic E-state index is 10.1. The van der Waals surface area contributed by atoms with E-state index < -0.39 is 0 Å². The molecule has 2 N–H and O–H groups in total. The maximum absolute atomic E-state index is 10.1. The Morgan fingerprint density at radius 2 is 1.64 bits per heavy atom. The first-order chi connectivity index (χ1) is 24.2. The lowest BCUT2D eigenvalue weighted by molar-refractivity contribution is 0.0146. The summed E-state index contributed by atoms with van der Waals surface area (Å²) in [4.78, 5) is 0. The van der Waals surface area contributed by atoms with Crippen LogP contribution in [-0.2, 0) is 9.47 Å². The van der Waals surface area contributed by atoms with Crippen LogP contribution in [0.25, 0.3) is 0 Å². The van der Waals surface area contributed by atoms with Gasteiger partial charge in [0.25, 0.3) is 0 Å². The van der Waals surface area contributed by atoms with Crippen molar-refractivity contribution in [1.29, 1.82) is 0 Å². The maximum Gasteiger partial charge on any atom is 0.0828 e. The van der Waals surface area contributed by atoms with E-state index in [1.807, 2.05) is 13.0 Å². The standard InChI is InChI=1S/C16H21O.C15H17O.C14H20O.CH4O/c1-4-14(11-13-8-9-13)15-7-5-6-10-16(15,3)12(2)17;1-11-5-8-13(12-6-7-12)14(10-11)15-4-2-3-9-16-15;1-11-6-5-7-12(2)13(10-11)14-8-3-4-9-15-14;1-2/h4-10,12,15,17H,11H2,1-3H3;5-8,10,15H,2-4,9H2,1H3;5-6,10,14H,3-4,7-9H2,1-2H3;2H,1H3. The molecule has 1 aromatic rings. The van der Waals surface area contributed by atoms with Gasteiger partial charge >= 0.3 is 0 Å². The summed E-state index contributed by atoms with van der Waals surface area (Å²) in [6.07, 6.45) is 35.9. The Balaban J connectivity index is 0.000000165. The van der Waals surface area contributed by atoms with Gasteiger partial charge in [-0.25, -0.2) is 0 Å². The molecule has 7 rings (SSSR count). The summed E-state index contributed by atoms with van der Waals surface area (Å²) in [5.41, 5.74) is 10.9. The van der Waals surface area contributed by atoms with E-state index in [1.54, 1.807) is 0 Å². The van der Waals surface area contributed by atoms with Crippen molar-refractivity contribution in [2.75, 3.05) is 20.3 Å². The first-order valence-corrected chi connectivity index (χ1v) is 18.8. The van der Waals surface area contributed by atoms with Gasteiger partial charge in [-0.05, 0) is 103 Å². The molecule has 0 bridgehead atoms. The smallest absolute Gasteiger partial charge is 0.0828 e. The topological polar surface area (TPSA) is 58.9 Å². The molecule has 2 saturated heterocycles. The number of ether oxygens (including phenoxy) is 2. The van der Waals surface area contributed by atoms with Crippen LogP contribution in [0.3, 0.4) is 0 Å². The molecule has 2 aliphatic heterocycles. The van der Waals surface area contributed by atoms with Gasteiger partial charge in [0.2, 0.25) is 0 Å². The number of aliphatic hydroxyl groups excluding tert-OH is 2. The lowest BCUT2D eigenvalue weighted by atomic mass is 9.67. The molecule has 0 amide bonds. The molecule has 5 unspecified atom stereocenters. The molecular formula is C46H62O4. The van der Waals surface area contributed by atoms with Crippen molar-refractivity contribution in [1.82, 2.24) is 0 Å². The lowest BCUT2D eigenvalue weighted by Gasteiger charge is -2.39. The van der Waals surface area contributed by atoms with Gasteiger partial charge in [-0.15, -0.1) is 0 Å². The molecule has 2 radical (unpaired) electrons. The average Bonchev–Trinajstić information content (AvgIpc) is 4.07. The minimum absolute atomic E-state index is 0.188. The summed E-state index contributed by atoms with van der Waals surface area (Å²) in [5, 5.41) is 17.1. The van der Waals surface area contributed by atoms with E-state index >= 15 is 0 Å². The predicted molar refractivity (Wildman–Crippen MR) is 209 cm³/mol. The van der Waals surface area contributed by atoms with Crippen LogP contribution >= 0.6 is 0 Å². The van der Waals surface area contributed by atoms with E-state index in [1.165, 1.54) is 89.0 Å². The Labute approximate surface area is 303 Å². The Kier molecular flexibility index (Phi) is 15.5. The fourth-order valence-electron chi connectivity index (χ4n) is 7.20. The third kappa shape index (κ3) is 11.2. The Morgan fingerprint density at radius 3 is 2.22 bits per heavy atom. The first kappa shape index (κ1) is 39.8. The van der Waals surface area contributed by atoms with Crippen molar-refractivity contribution in [3.63, 3.8) is 0 Å². The molecule has 4 nitrogen and oxygen atoms in total. The highest BCUT2D eigenvalue weighted by Gasteiger charge is 2.38. The van der Waals surface area contributed by atoms with Crippen LogP contribution in [-0.4, -0.2) is 42.7 Å². The van der Waals surface area contributed by atoms with Crippen LogP contribution in [0.15, 0.2) is 113 Å². The van der Waals surface area contributed by atoms with Gasteiger partial charge in [0.15, 0.2) is 0 Å². The normalized spacial score (nSPS) is 27.7. The van der Waals surface area contributed by atoms with E-state index in [0.29, 0.717) is 18.1 Å². The Hall–Kier alpha value is -3.02. The summed E-state index contributed by atoms with van der Waals surface area (Å²) in [6, 6.07) is 6.71. The van der Waals surface area contributed by atoms with Crippen LogP contribution in [0, 0.1) is 30.6 Å². The molecule has 50 heavy (non-hydrogen) atoms. The largest absolute Gasteiger partial charge is 0.400 e. The lowest BCUT2D eigenvalue weighted by Crippen LogP contribution is -2.37. The highest BCUT2D eigenvalue weighted by Crippen LogP contribution is 2.44. The van der Waals surface area contributed by atoms with Gasteiger partial charge in [-0.1, -0.05) is 120 Å². The molecule has 0 spiro atoms. The fourth-order valence-corrected chi connectivity index (χ4v) is 7.20. The molecule has 270 valence electrons. The second kappa shape index (κ2) is 19.6. The molecule has 5 atom stereocenters. The van der Waals surface area contributed by atoms with Crippen LogP contribution < -0.4 is 0 Å². The number of hydrogen-bond donors (Lipinski definition) is 2. The van der Waals surface area contributed by atoms with Crippen molar-refractivity contribution < 1.29 is 19.7 Å². The number of rotatable bonds is 7. The summed E-state index contributed by atoms with van der Waals surface area (Å²) < 4.78 is 11.8. The van der Waals surface area contributed by atoms with Gasteiger partial charge in [-0.2, -0.15) is 0 Å². The van der Waals surface area contributed by atoms with Crippen molar-refractivity contribution in [2.45, 2.75) is 111 Å². The van der Waals surface area contributed by atoms with Crippen molar-refractivity contribution in [2.24, 2.45) is 11.3 Å². The SMILES string of the molecule is CC1=CC(C2CCCCO2)=C(C)CC=C1.CC=C(CC1=C[CH]1)C1C=CC=CC1(C)C(C)O.CO.Cc1ccc([C]2C=C2)c(C2CCCCO2)c1. The van der Waals surface area contributed by atoms with Crippen LogP contribution in [0.4, 0.5) is 0 Å². The molecule has 2 fully saturated rings. The second-order valence-electron chi connectivity index (χ2n) is 14.5. The van der Waals surface area contributed by atoms with E-state index in [2.05, 4.69) is 120 Å². The van der Waals surface area contributed by atoms with Crippen molar-refractivity contribution in [3.05, 3.63) is 142 Å². The van der Waals surface area contributed by atoms with E-state index in [9.17, 15) is 5.11 Å². The Bertz CT molecular complexity index is 1490. The number of hydrogen-bond acceptors (Lipinski definition) is 4. The predicted octanol–water partition coefficient (Wildman–Crippen LogP) is 10.7. The summed E-state index contributed by atoms with van der Waals surface area (Å²) in [6.45, 7) is 14.5. The Morgan fingerprint density at radius 1 is 0.960 bits per heavy atom. The molecule has 6 aliphatic rings. The molecule has 1 aromatic carbocycles.